The molecule has 3 nitrogen and oxygen atoms in total. The molecule has 0 saturated heterocycles. The van der Waals surface area contributed by atoms with Gasteiger partial charge in [0.25, 0.3) is 0 Å². The summed E-state index contributed by atoms with van der Waals surface area (Å²) >= 11 is 13.3. The van der Waals surface area contributed by atoms with Gasteiger partial charge in [-0.2, -0.15) is 5.10 Å². The van der Waals surface area contributed by atoms with E-state index in [2.05, 4.69) is 5.10 Å². The van der Waals surface area contributed by atoms with Crippen molar-refractivity contribution in [1.82, 2.24) is 9.78 Å². The fraction of sp³-hybridized carbons (Fsp3) is 0.214. The molecule has 1 atom stereocenters. The van der Waals surface area contributed by atoms with Crippen molar-refractivity contribution in [3.63, 3.8) is 0 Å². The summed E-state index contributed by atoms with van der Waals surface area (Å²) in [7, 11) is 1.90. The Morgan fingerprint density at radius 1 is 1.35 bits per heavy atom. The minimum atomic E-state index is -0.704. The number of halogens is 2. The van der Waals surface area contributed by atoms with Crippen molar-refractivity contribution in [3.05, 3.63) is 50.3 Å². The molecule has 104 valence electrons. The lowest BCUT2D eigenvalue weighted by atomic mass is 10.1. The van der Waals surface area contributed by atoms with E-state index < -0.39 is 6.10 Å². The second-order valence-corrected chi connectivity index (χ2v) is 6.87. The van der Waals surface area contributed by atoms with Gasteiger partial charge in [0, 0.05) is 24.4 Å². The molecule has 0 aliphatic rings. The number of aliphatic hydroxyl groups is 1. The molecule has 0 amide bonds. The number of aromatic nitrogens is 2. The van der Waals surface area contributed by atoms with Crippen LogP contribution in [-0.2, 0) is 13.5 Å². The van der Waals surface area contributed by atoms with Crippen molar-refractivity contribution >= 4 is 45.4 Å². The second-order valence-electron chi connectivity index (χ2n) is 4.59. The van der Waals surface area contributed by atoms with E-state index in [0.717, 1.165) is 16.6 Å². The maximum Gasteiger partial charge on any atom is 0.100 e. The smallest absolute Gasteiger partial charge is 0.100 e. The Morgan fingerprint density at radius 2 is 2.10 bits per heavy atom. The predicted octanol–water partition coefficient (Wildman–Crippen LogP) is 4.22. The van der Waals surface area contributed by atoms with Gasteiger partial charge in [0.1, 0.15) is 4.34 Å². The van der Waals surface area contributed by atoms with Crippen LogP contribution in [-0.4, -0.2) is 14.9 Å². The van der Waals surface area contributed by atoms with Crippen LogP contribution in [0.3, 0.4) is 0 Å². The van der Waals surface area contributed by atoms with Crippen LogP contribution in [0.2, 0.25) is 8.67 Å². The van der Waals surface area contributed by atoms with Crippen molar-refractivity contribution < 1.29 is 5.11 Å². The SMILES string of the molecule is Cn1nc(CC(O)c2cc(Cl)sc2Cl)c2ccccc21. The molecule has 20 heavy (non-hydrogen) atoms. The molecule has 2 aromatic heterocycles. The van der Waals surface area contributed by atoms with E-state index in [-0.39, 0.29) is 0 Å². The maximum absolute atomic E-state index is 10.4. The third-order valence-corrected chi connectivity index (χ3v) is 4.78. The molecule has 2 heterocycles. The van der Waals surface area contributed by atoms with Crippen LogP contribution in [0.5, 0.6) is 0 Å². The topological polar surface area (TPSA) is 38.0 Å². The highest BCUT2D eigenvalue weighted by molar-refractivity contribution is 7.20. The lowest BCUT2D eigenvalue weighted by Gasteiger charge is -2.07. The zero-order chi connectivity index (χ0) is 14.3. The van der Waals surface area contributed by atoms with E-state index in [4.69, 9.17) is 23.2 Å². The Balaban J connectivity index is 1.95. The highest BCUT2D eigenvalue weighted by Crippen LogP contribution is 2.36. The molecule has 3 aromatic rings. The van der Waals surface area contributed by atoms with Gasteiger partial charge < -0.3 is 5.11 Å². The molecule has 1 unspecified atom stereocenters. The van der Waals surface area contributed by atoms with Crippen LogP contribution in [0.25, 0.3) is 10.9 Å². The monoisotopic (exact) mass is 326 g/mol. The van der Waals surface area contributed by atoms with Crippen molar-refractivity contribution in [2.24, 2.45) is 7.05 Å². The van der Waals surface area contributed by atoms with E-state index >= 15 is 0 Å². The molecule has 0 aliphatic carbocycles. The number of rotatable bonds is 3. The molecule has 6 heteroatoms. The fourth-order valence-electron chi connectivity index (χ4n) is 2.31. The number of thiophene rings is 1. The average molecular weight is 327 g/mol. The zero-order valence-corrected chi connectivity index (χ0v) is 13.0. The standard InChI is InChI=1S/C14H12Cl2N2OS/c1-18-11-5-3-2-4-8(11)10(17-18)7-12(19)9-6-13(15)20-14(9)16/h2-6,12,19H,7H2,1H3. The summed E-state index contributed by atoms with van der Waals surface area (Å²) in [6, 6.07) is 9.66. The van der Waals surface area contributed by atoms with E-state index in [9.17, 15) is 5.11 Å². The third-order valence-electron chi connectivity index (χ3n) is 3.26. The number of benzene rings is 1. The van der Waals surface area contributed by atoms with Gasteiger partial charge in [0.05, 0.1) is 21.7 Å². The van der Waals surface area contributed by atoms with Crippen LogP contribution in [0.1, 0.15) is 17.4 Å². The summed E-state index contributed by atoms with van der Waals surface area (Å²) in [5, 5.41) is 15.9. The molecule has 0 spiro atoms. The van der Waals surface area contributed by atoms with Crippen molar-refractivity contribution in [2.45, 2.75) is 12.5 Å². The van der Waals surface area contributed by atoms with E-state index in [1.165, 1.54) is 11.3 Å². The van der Waals surface area contributed by atoms with Gasteiger partial charge in [-0.3, -0.25) is 4.68 Å². The summed E-state index contributed by atoms with van der Waals surface area (Å²) in [4.78, 5) is 0. The lowest BCUT2D eigenvalue weighted by molar-refractivity contribution is 0.178. The highest BCUT2D eigenvalue weighted by Gasteiger charge is 2.18. The van der Waals surface area contributed by atoms with Gasteiger partial charge >= 0.3 is 0 Å². The number of aliphatic hydroxyl groups excluding tert-OH is 1. The van der Waals surface area contributed by atoms with Crippen molar-refractivity contribution in [3.8, 4) is 0 Å². The summed E-state index contributed by atoms with van der Waals surface area (Å²) in [5.41, 5.74) is 2.56. The minimum Gasteiger partial charge on any atom is -0.388 e. The summed E-state index contributed by atoms with van der Waals surface area (Å²) in [6.07, 6.45) is -0.293. The molecule has 0 fully saturated rings. The predicted molar refractivity (Wildman–Crippen MR) is 83.7 cm³/mol. The highest BCUT2D eigenvalue weighted by atomic mass is 35.5. The molecule has 3 rings (SSSR count). The second kappa shape index (κ2) is 5.37. The van der Waals surface area contributed by atoms with Gasteiger partial charge in [0.2, 0.25) is 0 Å². The summed E-state index contributed by atoms with van der Waals surface area (Å²) in [6.45, 7) is 0. The molecular weight excluding hydrogens is 315 g/mol. The summed E-state index contributed by atoms with van der Waals surface area (Å²) < 4.78 is 2.93. The lowest BCUT2D eigenvalue weighted by Crippen LogP contribution is -2.02. The Kier molecular flexibility index (Phi) is 3.73. The number of hydrogen-bond donors (Lipinski definition) is 1. The average Bonchev–Trinajstić information content (AvgIpc) is 2.91. The first-order valence-corrected chi connectivity index (χ1v) is 7.67. The first-order valence-electron chi connectivity index (χ1n) is 6.09. The van der Waals surface area contributed by atoms with Crippen LogP contribution in [0.15, 0.2) is 30.3 Å². The molecular formula is C14H12Cl2N2OS. The summed E-state index contributed by atoms with van der Waals surface area (Å²) in [5.74, 6) is 0. The quantitative estimate of drug-likeness (QED) is 0.782. The Hall–Kier alpha value is -1.07. The first-order chi connectivity index (χ1) is 9.56. The van der Waals surface area contributed by atoms with Crippen LogP contribution in [0.4, 0.5) is 0 Å². The number of para-hydroxylation sites is 1. The number of nitrogens with zero attached hydrogens (tertiary/aromatic N) is 2. The van der Waals surface area contributed by atoms with Gasteiger partial charge in [-0.15, -0.1) is 11.3 Å². The first kappa shape index (κ1) is 13.9. The molecule has 1 N–H and O–H groups in total. The van der Waals surface area contributed by atoms with E-state index in [0.29, 0.717) is 20.7 Å². The molecule has 0 saturated carbocycles. The fourth-order valence-corrected chi connectivity index (χ4v) is 3.88. The van der Waals surface area contributed by atoms with E-state index in [1.54, 1.807) is 6.07 Å². The van der Waals surface area contributed by atoms with Gasteiger partial charge in [0.15, 0.2) is 0 Å². The number of aryl methyl sites for hydroxylation is 1. The zero-order valence-electron chi connectivity index (χ0n) is 10.7. The Bertz CT molecular complexity index is 766. The number of fused-ring (bicyclic) bond motifs is 1. The van der Waals surface area contributed by atoms with Gasteiger partial charge in [-0.25, -0.2) is 0 Å². The largest absolute Gasteiger partial charge is 0.388 e. The van der Waals surface area contributed by atoms with E-state index in [1.807, 2.05) is 36.0 Å². The van der Waals surface area contributed by atoms with Crippen molar-refractivity contribution in [2.75, 3.05) is 0 Å². The molecule has 0 bridgehead atoms. The maximum atomic E-state index is 10.4. The van der Waals surface area contributed by atoms with Gasteiger partial charge in [-0.05, 0) is 12.1 Å². The Labute approximate surface area is 130 Å². The Morgan fingerprint density at radius 3 is 2.80 bits per heavy atom. The van der Waals surface area contributed by atoms with Crippen LogP contribution < -0.4 is 0 Å². The van der Waals surface area contributed by atoms with Crippen LogP contribution in [0, 0.1) is 0 Å². The normalized spacial score (nSPS) is 13.0. The third kappa shape index (κ3) is 2.44. The molecule has 0 radical (unpaired) electrons. The number of hydrogen-bond acceptors (Lipinski definition) is 3. The van der Waals surface area contributed by atoms with Gasteiger partial charge in [-0.1, -0.05) is 41.4 Å². The van der Waals surface area contributed by atoms with Crippen molar-refractivity contribution in [1.29, 1.82) is 0 Å². The molecule has 1 aromatic carbocycles. The van der Waals surface area contributed by atoms with Crippen LogP contribution >= 0.6 is 34.5 Å². The molecule has 0 aliphatic heterocycles. The minimum absolute atomic E-state index is 0.411.